The standard InChI is InChI=1S/C19H30O6Si/c1-4-22-26(23-5-2,24-6-3)15-20-17-9-10-18-16(13-17)14-21-19(25-18)11-7-8-12-19/h9-10,13H,4-8,11-12,14-15H2,1-3H3. The largest absolute Gasteiger partial charge is 0.540 e. The molecule has 1 fully saturated rings. The van der Waals surface area contributed by atoms with Crippen molar-refractivity contribution in [2.75, 3.05) is 26.1 Å². The van der Waals surface area contributed by atoms with E-state index in [9.17, 15) is 0 Å². The van der Waals surface area contributed by atoms with E-state index in [1.165, 1.54) is 0 Å². The van der Waals surface area contributed by atoms with Crippen molar-refractivity contribution in [3.8, 4) is 11.5 Å². The third kappa shape index (κ3) is 4.40. The van der Waals surface area contributed by atoms with Crippen LogP contribution in [0, 0.1) is 0 Å². The van der Waals surface area contributed by atoms with Crippen molar-refractivity contribution in [1.29, 1.82) is 0 Å². The Labute approximate surface area is 157 Å². The summed E-state index contributed by atoms with van der Waals surface area (Å²) >= 11 is 0. The molecule has 6 nitrogen and oxygen atoms in total. The predicted octanol–water partition coefficient (Wildman–Crippen LogP) is 3.83. The van der Waals surface area contributed by atoms with Crippen LogP contribution in [0.1, 0.15) is 52.0 Å². The fourth-order valence-electron chi connectivity index (χ4n) is 3.54. The molecule has 3 rings (SSSR count). The van der Waals surface area contributed by atoms with Gasteiger partial charge in [-0.15, -0.1) is 0 Å². The van der Waals surface area contributed by atoms with E-state index < -0.39 is 14.6 Å². The van der Waals surface area contributed by atoms with Gasteiger partial charge in [0.2, 0.25) is 5.79 Å². The first-order valence-corrected chi connectivity index (χ1v) is 11.6. The van der Waals surface area contributed by atoms with Crippen molar-refractivity contribution in [1.82, 2.24) is 0 Å². The van der Waals surface area contributed by atoms with Crippen LogP contribution in [0.2, 0.25) is 0 Å². The summed E-state index contributed by atoms with van der Waals surface area (Å²) in [5.41, 5.74) is 1.01. The third-order valence-corrected chi connectivity index (χ3v) is 7.38. The lowest BCUT2D eigenvalue weighted by atomic mass is 10.1. The van der Waals surface area contributed by atoms with Gasteiger partial charge in [0.1, 0.15) is 11.5 Å². The van der Waals surface area contributed by atoms with Crippen molar-refractivity contribution >= 4 is 8.80 Å². The molecule has 0 saturated heterocycles. The molecule has 146 valence electrons. The van der Waals surface area contributed by atoms with E-state index in [0.29, 0.717) is 26.4 Å². The van der Waals surface area contributed by atoms with Crippen LogP contribution in [0.25, 0.3) is 0 Å². The van der Waals surface area contributed by atoms with Gasteiger partial charge in [0.25, 0.3) is 0 Å². The highest BCUT2D eigenvalue weighted by atomic mass is 28.4. The molecule has 7 heteroatoms. The van der Waals surface area contributed by atoms with Crippen molar-refractivity contribution in [3.63, 3.8) is 0 Å². The molecule has 1 aromatic rings. The maximum Gasteiger partial charge on any atom is 0.540 e. The van der Waals surface area contributed by atoms with Crippen molar-refractivity contribution in [2.45, 2.75) is 58.8 Å². The van der Waals surface area contributed by atoms with Crippen molar-refractivity contribution in [2.24, 2.45) is 0 Å². The lowest BCUT2D eigenvalue weighted by Gasteiger charge is -2.35. The summed E-state index contributed by atoms with van der Waals surface area (Å²) in [4.78, 5) is 0. The van der Waals surface area contributed by atoms with Crippen molar-refractivity contribution < 1.29 is 27.5 Å². The topological polar surface area (TPSA) is 55.4 Å². The minimum Gasteiger partial charge on any atom is -0.489 e. The highest BCUT2D eigenvalue weighted by molar-refractivity contribution is 6.60. The van der Waals surface area contributed by atoms with Crippen LogP contribution in [-0.4, -0.2) is 40.6 Å². The first kappa shape index (κ1) is 19.6. The van der Waals surface area contributed by atoms with Gasteiger partial charge in [-0.2, -0.15) is 0 Å². The molecule has 1 aliphatic heterocycles. The van der Waals surface area contributed by atoms with Gasteiger partial charge in [-0.05, 0) is 51.8 Å². The van der Waals surface area contributed by atoms with Crippen LogP contribution in [0.5, 0.6) is 11.5 Å². The van der Waals surface area contributed by atoms with Gasteiger partial charge in [0.15, 0.2) is 6.23 Å². The van der Waals surface area contributed by atoms with Crippen LogP contribution in [0.15, 0.2) is 18.2 Å². The minimum absolute atomic E-state index is 0.285. The molecule has 0 atom stereocenters. The molecule has 0 unspecified atom stereocenters. The summed E-state index contributed by atoms with van der Waals surface area (Å²) < 4.78 is 35.7. The molecule has 1 aliphatic carbocycles. The summed E-state index contributed by atoms with van der Waals surface area (Å²) in [6.45, 7) is 7.96. The Morgan fingerprint density at radius 3 is 2.27 bits per heavy atom. The summed E-state index contributed by atoms with van der Waals surface area (Å²) in [6.07, 6.45) is 4.55. The predicted molar refractivity (Wildman–Crippen MR) is 99.2 cm³/mol. The lowest BCUT2D eigenvalue weighted by Crippen LogP contribution is -2.51. The zero-order valence-corrected chi connectivity index (χ0v) is 17.0. The molecule has 1 saturated carbocycles. The van der Waals surface area contributed by atoms with E-state index in [4.69, 9.17) is 27.5 Å². The van der Waals surface area contributed by atoms with E-state index >= 15 is 0 Å². The van der Waals surface area contributed by atoms with Crippen LogP contribution in [-0.2, 0) is 24.6 Å². The number of fused-ring (bicyclic) bond motifs is 1. The highest BCUT2D eigenvalue weighted by Crippen LogP contribution is 2.42. The van der Waals surface area contributed by atoms with Gasteiger partial charge in [-0.3, -0.25) is 0 Å². The summed E-state index contributed by atoms with van der Waals surface area (Å²) in [5.74, 6) is 1.24. The molecule has 2 aliphatic rings. The normalized spacial score (nSPS) is 18.6. The quantitative estimate of drug-likeness (QED) is 0.605. The molecule has 1 aromatic carbocycles. The van der Waals surface area contributed by atoms with Gasteiger partial charge in [0.05, 0.1) is 6.61 Å². The molecular weight excluding hydrogens is 352 g/mol. The van der Waals surface area contributed by atoms with E-state index in [1.807, 2.05) is 39.0 Å². The number of ether oxygens (including phenoxy) is 3. The number of hydrogen-bond acceptors (Lipinski definition) is 6. The number of rotatable bonds is 9. The Balaban J connectivity index is 1.67. The van der Waals surface area contributed by atoms with Gasteiger partial charge in [-0.25, -0.2) is 0 Å². The highest BCUT2D eigenvalue weighted by Gasteiger charge is 2.43. The van der Waals surface area contributed by atoms with Crippen LogP contribution < -0.4 is 9.47 Å². The lowest BCUT2D eigenvalue weighted by molar-refractivity contribution is -0.200. The Bertz CT molecular complexity index is 570. The van der Waals surface area contributed by atoms with Gasteiger partial charge in [0, 0.05) is 38.2 Å². The van der Waals surface area contributed by atoms with Gasteiger partial charge >= 0.3 is 8.80 Å². The Kier molecular flexibility index (Phi) is 6.58. The average molecular weight is 383 g/mol. The third-order valence-electron chi connectivity index (χ3n) is 4.69. The minimum atomic E-state index is -2.82. The van der Waals surface area contributed by atoms with E-state index in [2.05, 4.69) is 0 Å². The molecule has 0 radical (unpaired) electrons. The monoisotopic (exact) mass is 382 g/mol. The van der Waals surface area contributed by atoms with Crippen LogP contribution in [0.4, 0.5) is 0 Å². The van der Waals surface area contributed by atoms with E-state index in [1.54, 1.807) is 0 Å². The zero-order chi connectivity index (χ0) is 18.5. The fraction of sp³-hybridized carbons (Fsp3) is 0.684. The molecule has 26 heavy (non-hydrogen) atoms. The van der Waals surface area contributed by atoms with E-state index in [-0.39, 0.29) is 6.23 Å². The molecular formula is C19H30O6Si. The smallest absolute Gasteiger partial charge is 0.489 e. The second-order valence-electron chi connectivity index (χ2n) is 6.55. The molecule has 1 heterocycles. The number of benzene rings is 1. The SMILES string of the molecule is CCO[Si](COc1ccc2c(c1)COC1(CCCC1)O2)(OCC)OCC. The van der Waals surface area contributed by atoms with Gasteiger partial charge in [-0.1, -0.05) is 0 Å². The Hall–Kier alpha value is -1.12. The van der Waals surface area contributed by atoms with E-state index in [0.717, 1.165) is 42.7 Å². The first-order chi connectivity index (χ1) is 12.6. The summed E-state index contributed by atoms with van der Waals surface area (Å²) in [7, 11) is -2.82. The van der Waals surface area contributed by atoms with Crippen LogP contribution in [0.3, 0.4) is 0 Å². The molecule has 0 bridgehead atoms. The maximum atomic E-state index is 6.15. The second kappa shape index (κ2) is 8.71. The fourth-order valence-corrected chi connectivity index (χ4v) is 5.70. The summed E-state index contributed by atoms with van der Waals surface area (Å²) in [5, 5.41) is 0. The first-order valence-electron chi connectivity index (χ1n) is 9.65. The molecule has 1 spiro atoms. The Morgan fingerprint density at radius 2 is 1.65 bits per heavy atom. The van der Waals surface area contributed by atoms with Gasteiger partial charge < -0.3 is 27.5 Å². The van der Waals surface area contributed by atoms with Crippen molar-refractivity contribution in [3.05, 3.63) is 23.8 Å². The Morgan fingerprint density at radius 1 is 1.00 bits per heavy atom. The maximum absolute atomic E-state index is 6.15. The molecule has 0 N–H and O–H groups in total. The average Bonchev–Trinajstić information content (AvgIpc) is 3.08. The number of hydrogen-bond donors (Lipinski definition) is 0. The molecule has 0 aromatic heterocycles. The zero-order valence-electron chi connectivity index (χ0n) is 16.0. The van der Waals surface area contributed by atoms with Crippen LogP contribution >= 0.6 is 0 Å². The summed E-state index contributed by atoms with van der Waals surface area (Å²) in [6, 6.07) is 5.87. The molecule has 0 amide bonds. The second-order valence-corrected chi connectivity index (χ2v) is 9.07.